The van der Waals surface area contributed by atoms with Crippen molar-refractivity contribution in [1.82, 2.24) is 0 Å². The molecule has 2 N–H and O–H groups in total. The predicted octanol–water partition coefficient (Wildman–Crippen LogP) is 1.69. The van der Waals surface area contributed by atoms with E-state index in [4.69, 9.17) is 0 Å². The average Bonchev–Trinajstić information content (AvgIpc) is 2.45. The first-order valence-electron chi connectivity index (χ1n) is 6.76. The molecule has 2 rings (SSSR count). The van der Waals surface area contributed by atoms with Crippen molar-refractivity contribution in [2.24, 2.45) is 0 Å². The number of nitrogens with zero attached hydrogens (tertiary/aromatic N) is 1. The van der Waals surface area contributed by atoms with Crippen LogP contribution >= 0.6 is 15.0 Å². The molecule has 0 radical (unpaired) electrons. The molecule has 3 atom stereocenters. The van der Waals surface area contributed by atoms with Crippen LogP contribution in [0.15, 0.2) is 42.7 Å². The molecule has 130 valence electrons. The zero-order valence-corrected chi connectivity index (χ0v) is 14.3. The molecule has 24 heavy (non-hydrogen) atoms. The van der Waals surface area contributed by atoms with Gasteiger partial charge in [-0.05, 0) is 23.8 Å². The summed E-state index contributed by atoms with van der Waals surface area (Å²) in [5.41, 5.74) is 0.787. The Morgan fingerprint density at radius 1 is 1.17 bits per heavy atom. The van der Waals surface area contributed by atoms with Gasteiger partial charge >= 0.3 is 0 Å². The van der Waals surface area contributed by atoms with Crippen molar-refractivity contribution >= 4 is 15.0 Å². The highest BCUT2D eigenvalue weighted by Gasteiger charge is 2.37. The number of halogens is 2. The summed E-state index contributed by atoms with van der Waals surface area (Å²) < 4.78 is 50.7. The molecule has 2 aromatic rings. The van der Waals surface area contributed by atoms with Crippen LogP contribution < -0.4 is 9.46 Å². The normalized spacial score (nSPS) is 17.8. The average molecular weight is 377 g/mol. The summed E-state index contributed by atoms with van der Waals surface area (Å²) in [5.74, 6) is -2.03. The topological polar surface area (TPSA) is 102 Å². The molecule has 0 aliphatic rings. The van der Waals surface area contributed by atoms with Crippen LogP contribution in [0, 0.1) is 11.6 Å². The van der Waals surface area contributed by atoms with Crippen molar-refractivity contribution < 1.29 is 37.2 Å². The Bertz CT molecular complexity index is 827. The fourth-order valence-corrected chi connectivity index (χ4v) is 5.25. The van der Waals surface area contributed by atoms with Gasteiger partial charge in [-0.3, -0.25) is 4.57 Å². The van der Waals surface area contributed by atoms with E-state index >= 15 is 0 Å². The van der Waals surface area contributed by atoms with Crippen LogP contribution in [0.25, 0.3) is 11.1 Å². The van der Waals surface area contributed by atoms with Gasteiger partial charge in [0.2, 0.25) is 7.37 Å². The van der Waals surface area contributed by atoms with Gasteiger partial charge in [-0.1, -0.05) is 6.07 Å². The lowest BCUT2D eigenvalue weighted by Crippen LogP contribution is -2.40. The minimum atomic E-state index is -5.06. The summed E-state index contributed by atoms with van der Waals surface area (Å²) in [6, 6.07) is 6.38. The standard InChI is InChI=1S/C14H15F2NO5P2/c1-23(18,19)14(24(20,21)22)9-17-6-2-3-11(8-17)10-4-5-12(15)13(16)7-10/h2-8,14H,9H2,1H3,(H2-,18,19,20,21,22). The minimum absolute atomic E-state index is 0.345. The van der Waals surface area contributed by atoms with E-state index in [1.807, 2.05) is 0 Å². The molecule has 3 unspecified atom stereocenters. The molecule has 10 heteroatoms. The third kappa shape index (κ3) is 4.56. The van der Waals surface area contributed by atoms with Crippen LogP contribution in [0.3, 0.4) is 0 Å². The summed E-state index contributed by atoms with van der Waals surface area (Å²) in [4.78, 5) is 30.1. The number of hydrogen-bond donors (Lipinski definition) is 2. The van der Waals surface area contributed by atoms with E-state index < -0.39 is 38.5 Å². The minimum Gasteiger partial charge on any atom is -0.778 e. The molecule has 0 spiro atoms. The van der Waals surface area contributed by atoms with Gasteiger partial charge in [0.1, 0.15) is 0 Å². The molecule has 0 saturated heterocycles. The molecule has 6 nitrogen and oxygen atoms in total. The van der Waals surface area contributed by atoms with Gasteiger partial charge in [0.05, 0.1) is 0 Å². The quantitative estimate of drug-likeness (QED) is 0.610. The molecule has 0 bridgehead atoms. The van der Waals surface area contributed by atoms with Crippen molar-refractivity contribution in [3.63, 3.8) is 0 Å². The Morgan fingerprint density at radius 3 is 2.38 bits per heavy atom. The smallest absolute Gasteiger partial charge is 0.215 e. The van der Waals surface area contributed by atoms with Crippen molar-refractivity contribution in [2.75, 3.05) is 6.66 Å². The summed E-state index contributed by atoms with van der Waals surface area (Å²) in [5, 5.41) is -1.87. The van der Waals surface area contributed by atoms with Gasteiger partial charge in [0, 0.05) is 18.3 Å². The molecule has 0 fully saturated rings. The van der Waals surface area contributed by atoms with Crippen LogP contribution in [-0.4, -0.2) is 21.9 Å². The largest absolute Gasteiger partial charge is 0.778 e. The van der Waals surface area contributed by atoms with E-state index in [1.54, 1.807) is 6.07 Å². The Balaban J connectivity index is 2.38. The van der Waals surface area contributed by atoms with Crippen LogP contribution in [-0.2, 0) is 15.7 Å². The van der Waals surface area contributed by atoms with Gasteiger partial charge in [0.25, 0.3) is 0 Å². The van der Waals surface area contributed by atoms with Gasteiger partial charge in [-0.15, -0.1) is 0 Å². The predicted molar refractivity (Wildman–Crippen MR) is 81.4 cm³/mol. The SMILES string of the molecule is CP(=O)(O)C(C[n+]1cccc(-c2ccc(F)c(F)c2)c1)P(=O)([O-])O. The van der Waals surface area contributed by atoms with Crippen LogP contribution in [0.5, 0.6) is 0 Å². The lowest BCUT2D eigenvalue weighted by atomic mass is 10.1. The van der Waals surface area contributed by atoms with Gasteiger partial charge in [0.15, 0.2) is 43.6 Å². The van der Waals surface area contributed by atoms with Crippen molar-refractivity contribution in [3.8, 4) is 11.1 Å². The van der Waals surface area contributed by atoms with Gasteiger partial charge in [-0.25, -0.2) is 13.3 Å². The summed E-state index contributed by atoms with van der Waals surface area (Å²) in [7, 11) is -9.18. The Kier molecular flexibility index (Phi) is 5.37. The van der Waals surface area contributed by atoms with E-state index in [9.17, 15) is 32.6 Å². The van der Waals surface area contributed by atoms with Crippen LogP contribution in [0.4, 0.5) is 8.78 Å². The van der Waals surface area contributed by atoms with E-state index in [2.05, 4.69) is 0 Å². The first-order valence-corrected chi connectivity index (χ1v) is 10.6. The van der Waals surface area contributed by atoms with Gasteiger partial charge in [-0.2, -0.15) is 0 Å². The molecule has 0 aliphatic carbocycles. The number of hydrogen-bond acceptors (Lipinski definition) is 3. The first-order chi connectivity index (χ1) is 11.0. The Labute approximate surface area is 137 Å². The third-order valence-electron chi connectivity index (χ3n) is 3.41. The molecule has 0 saturated carbocycles. The van der Waals surface area contributed by atoms with Crippen molar-refractivity contribution in [3.05, 3.63) is 54.4 Å². The Hall–Kier alpha value is -1.43. The van der Waals surface area contributed by atoms with E-state index in [0.29, 0.717) is 11.1 Å². The second-order valence-electron chi connectivity index (χ2n) is 5.41. The molecule has 1 heterocycles. The van der Waals surface area contributed by atoms with Crippen LogP contribution in [0.1, 0.15) is 0 Å². The number of benzene rings is 1. The molecule has 0 amide bonds. The highest BCUT2D eigenvalue weighted by atomic mass is 31.2. The molecular weight excluding hydrogens is 362 g/mol. The van der Waals surface area contributed by atoms with Crippen molar-refractivity contribution in [2.45, 2.75) is 11.9 Å². The third-order valence-corrected chi connectivity index (χ3v) is 7.76. The number of pyridine rings is 1. The second kappa shape index (κ2) is 6.82. The highest BCUT2D eigenvalue weighted by Crippen LogP contribution is 2.57. The molecule has 1 aromatic heterocycles. The zero-order valence-electron chi connectivity index (χ0n) is 12.5. The summed E-state index contributed by atoms with van der Waals surface area (Å²) in [6.07, 6.45) is 2.84. The van der Waals surface area contributed by atoms with Gasteiger partial charge < -0.3 is 19.2 Å². The summed E-state index contributed by atoms with van der Waals surface area (Å²) in [6.45, 7) is 0.386. The highest BCUT2D eigenvalue weighted by molar-refractivity contribution is 7.72. The van der Waals surface area contributed by atoms with E-state index in [-0.39, 0.29) is 0 Å². The maximum Gasteiger partial charge on any atom is 0.215 e. The fourth-order valence-electron chi connectivity index (χ4n) is 2.20. The van der Waals surface area contributed by atoms with Crippen LogP contribution in [0.2, 0.25) is 0 Å². The van der Waals surface area contributed by atoms with Crippen molar-refractivity contribution in [1.29, 1.82) is 0 Å². The number of rotatable bonds is 5. The molecular formula is C14H15F2NO5P2. The fraction of sp³-hybridized carbons (Fsp3) is 0.214. The zero-order chi connectivity index (χ0) is 18.1. The van der Waals surface area contributed by atoms with E-state index in [0.717, 1.165) is 18.8 Å². The lowest BCUT2D eigenvalue weighted by Gasteiger charge is -2.26. The monoisotopic (exact) mass is 377 g/mol. The molecule has 1 aromatic carbocycles. The first kappa shape index (κ1) is 18.9. The lowest BCUT2D eigenvalue weighted by molar-refractivity contribution is -0.694. The van der Waals surface area contributed by atoms with E-state index in [1.165, 1.54) is 29.1 Å². The molecule has 0 aliphatic heterocycles. The second-order valence-corrected chi connectivity index (χ2v) is 10.1. The Morgan fingerprint density at radius 2 is 1.83 bits per heavy atom. The maximum absolute atomic E-state index is 13.3. The number of aromatic nitrogens is 1. The maximum atomic E-state index is 13.3. The summed E-state index contributed by atoms with van der Waals surface area (Å²) >= 11 is 0.